The van der Waals surface area contributed by atoms with E-state index in [1.54, 1.807) is 13.0 Å². The number of carbonyl (C=O) groups is 2. The van der Waals surface area contributed by atoms with E-state index in [0.717, 1.165) is 57.5 Å². The number of ether oxygens (including phenoxy) is 2. The molecule has 0 aliphatic carbocycles. The number of hydrogen-bond acceptors (Lipinski definition) is 4. The Balaban J connectivity index is 1.72. The monoisotopic (exact) mass is 479 g/mol. The second-order valence-electron chi connectivity index (χ2n) is 8.92. The van der Waals surface area contributed by atoms with Gasteiger partial charge < -0.3 is 14.0 Å². The number of rotatable bonds is 7. The van der Waals surface area contributed by atoms with Crippen molar-refractivity contribution in [3.63, 3.8) is 0 Å². The molecule has 182 valence electrons. The van der Waals surface area contributed by atoms with Crippen molar-refractivity contribution < 1.29 is 19.1 Å². The summed E-state index contributed by atoms with van der Waals surface area (Å²) < 4.78 is 13.7. The van der Waals surface area contributed by atoms with Gasteiger partial charge in [-0.1, -0.05) is 74.0 Å². The topological polar surface area (TPSA) is 57.5 Å². The van der Waals surface area contributed by atoms with Crippen molar-refractivity contribution in [3.05, 3.63) is 89.6 Å². The van der Waals surface area contributed by atoms with Crippen molar-refractivity contribution >= 4 is 44.4 Å². The highest BCUT2D eigenvalue weighted by atomic mass is 16.5. The highest BCUT2D eigenvalue weighted by Gasteiger charge is 2.25. The number of nitrogens with zero attached hydrogens (tertiary/aromatic N) is 1. The second kappa shape index (κ2) is 9.86. The molecule has 0 saturated carbocycles. The molecule has 0 radical (unpaired) electrons. The molecule has 0 aliphatic rings. The van der Waals surface area contributed by atoms with E-state index in [0.29, 0.717) is 16.9 Å². The number of aromatic nitrogens is 1. The van der Waals surface area contributed by atoms with E-state index in [4.69, 9.17) is 9.47 Å². The number of hydrogen-bond donors (Lipinski definition) is 0. The van der Waals surface area contributed by atoms with Gasteiger partial charge in [-0.2, -0.15) is 0 Å². The summed E-state index contributed by atoms with van der Waals surface area (Å²) in [5.41, 5.74) is 2.85. The van der Waals surface area contributed by atoms with E-state index in [2.05, 4.69) is 11.5 Å². The van der Waals surface area contributed by atoms with Gasteiger partial charge in [-0.3, -0.25) is 0 Å². The fourth-order valence-electron chi connectivity index (χ4n) is 5.01. The Labute approximate surface area is 210 Å². The molecular weight excluding hydrogens is 450 g/mol. The van der Waals surface area contributed by atoms with Crippen LogP contribution in [0.2, 0.25) is 0 Å². The normalized spacial score (nSPS) is 11.3. The van der Waals surface area contributed by atoms with Crippen LogP contribution in [0, 0.1) is 6.92 Å². The summed E-state index contributed by atoms with van der Waals surface area (Å²) in [5.74, 6) is -0.373. The largest absolute Gasteiger partial charge is 0.462 e. The van der Waals surface area contributed by atoms with Crippen LogP contribution in [0.3, 0.4) is 0 Å². The Hall–Kier alpha value is -4.12. The van der Waals surface area contributed by atoms with Gasteiger partial charge in [0.05, 0.1) is 23.3 Å². The summed E-state index contributed by atoms with van der Waals surface area (Å²) in [5, 5.41) is 4.31. The molecule has 0 atom stereocenters. The average Bonchev–Trinajstić information content (AvgIpc) is 3.18. The number of unbranched alkanes of at least 4 members (excludes halogenated alkanes) is 1. The summed E-state index contributed by atoms with van der Waals surface area (Å²) in [6, 6.07) is 23.1. The van der Waals surface area contributed by atoms with Crippen molar-refractivity contribution in [2.45, 2.75) is 40.2 Å². The smallest absolute Gasteiger partial charge is 0.344 e. The Morgan fingerprint density at radius 2 is 1.50 bits per heavy atom. The van der Waals surface area contributed by atoms with Crippen LogP contribution >= 0.6 is 0 Å². The molecule has 0 unspecified atom stereocenters. The minimum atomic E-state index is -0.434. The molecule has 5 heteroatoms. The number of fused-ring (bicyclic) bond motifs is 4. The van der Waals surface area contributed by atoms with Crippen LogP contribution in [0.25, 0.3) is 32.4 Å². The zero-order valence-electron chi connectivity index (χ0n) is 20.8. The van der Waals surface area contributed by atoms with E-state index in [-0.39, 0.29) is 12.6 Å². The summed E-state index contributed by atoms with van der Waals surface area (Å²) >= 11 is 0. The van der Waals surface area contributed by atoms with Crippen molar-refractivity contribution in [2.24, 2.45) is 0 Å². The first-order valence-electron chi connectivity index (χ1n) is 12.5. The molecule has 0 aliphatic heterocycles. The van der Waals surface area contributed by atoms with Crippen molar-refractivity contribution in [1.29, 1.82) is 0 Å². The minimum Gasteiger partial charge on any atom is -0.462 e. The van der Waals surface area contributed by atoms with Crippen molar-refractivity contribution in [2.75, 3.05) is 6.61 Å². The fourth-order valence-corrected chi connectivity index (χ4v) is 5.01. The summed E-state index contributed by atoms with van der Waals surface area (Å²) in [6.45, 7) is 6.98. The molecule has 0 saturated heterocycles. The molecule has 5 rings (SSSR count). The number of esters is 2. The third-order valence-corrected chi connectivity index (χ3v) is 6.71. The maximum Gasteiger partial charge on any atom is 0.344 e. The van der Waals surface area contributed by atoms with Gasteiger partial charge >= 0.3 is 11.9 Å². The Bertz CT molecular complexity index is 1610. The van der Waals surface area contributed by atoms with E-state index in [9.17, 15) is 9.59 Å². The molecule has 36 heavy (non-hydrogen) atoms. The lowest BCUT2D eigenvalue weighted by molar-refractivity contribution is 0.0527. The van der Waals surface area contributed by atoms with E-state index < -0.39 is 5.97 Å². The molecule has 4 aromatic carbocycles. The first-order chi connectivity index (χ1) is 17.5. The number of carbonyl (C=O) groups excluding carboxylic acids is 2. The molecule has 5 aromatic rings. The molecule has 0 fully saturated rings. The van der Waals surface area contributed by atoms with Gasteiger partial charge in [0.15, 0.2) is 0 Å². The first-order valence-corrected chi connectivity index (χ1v) is 12.5. The molecule has 0 N–H and O–H groups in total. The summed E-state index contributed by atoms with van der Waals surface area (Å²) in [6.07, 6.45) is 2.02. The molecular formula is C31H29NO4. The molecule has 0 bridgehead atoms. The SMILES string of the molecule is CCCCn1c(C)c(C(=O)OCC)c2cc(OC(=O)c3cccc4ccccc34)c3ccccc3c21. The van der Waals surface area contributed by atoms with Crippen molar-refractivity contribution in [3.8, 4) is 5.75 Å². The van der Waals surface area contributed by atoms with Crippen LogP contribution in [-0.2, 0) is 11.3 Å². The Morgan fingerprint density at radius 1 is 0.806 bits per heavy atom. The Morgan fingerprint density at radius 3 is 2.25 bits per heavy atom. The third-order valence-electron chi connectivity index (χ3n) is 6.71. The summed E-state index contributed by atoms with van der Waals surface area (Å²) in [7, 11) is 0. The van der Waals surface area contributed by atoms with Crippen LogP contribution in [0.5, 0.6) is 5.75 Å². The predicted molar refractivity (Wildman–Crippen MR) is 144 cm³/mol. The van der Waals surface area contributed by atoms with E-state index in [1.807, 2.05) is 73.7 Å². The molecule has 0 spiro atoms. The van der Waals surface area contributed by atoms with Crippen LogP contribution in [0.4, 0.5) is 0 Å². The molecule has 1 heterocycles. The minimum absolute atomic E-state index is 0.288. The molecule has 5 nitrogen and oxygen atoms in total. The van der Waals surface area contributed by atoms with Crippen LogP contribution in [-0.4, -0.2) is 23.1 Å². The Kier molecular flexibility index (Phi) is 6.47. The first kappa shape index (κ1) is 23.6. The third kappa shape index (κ3) is 4.01. The lowest BCUT2D eigenvalue weighted by Crippen LogP contribution is -2.10. The number of benzene rings is 4. The fraction of sp³-hybridized carbons (Fsp3) is 0.226. The average molecular weight is 480 g/mol. The standard InChI is InChI=1S/C31H29NO4/c1-4-6-18-32-20(3)28(31(34)35-5-2)26-19-27(23-15-9-10-16-24(23)29(26)32)36-30(33)25-17-11-13-21-12-7-8-14-22(21)25/h7-17,19H,4-6,18H2,1-3H3. The molecule has 1 aromatic heterocycles. The highest BCUT2D eigenvalue weighted by Crippen LogP contribution is 2.39. The van der Waals surface area contributed by atoms with Gasteiger partial charge in [0.2, 0.25) is 0 Å². The van der Waals surface area contributed by atoms with Crippen LogP contribution in [0.1, 0.15) is 53.1 Å². The predicted octanol–water partition coefficient (Wildman–Crippen LogP) is 7.45. The zero-order valence-corrected chi connectivity index (χ0v) is 20.8. The maximum absolute atomic E-state index is 13.4. The van der Waals surface area contributed by atoms with E-state index in [1.165, 1.54) is 0 Å². The second-order valence-corrected chi connectivity index (χ2v) is 8.92. The van der Waals surface area contributed by atoms with Gasteiger partial charge in [-0.25, -0.2) is 9.59 Å². The number of aryl methyl sites for hydroxylation is 1. The van der Waals surface area contributed by atoms with Gasteiger partial charge in [0, 0.05) is 28.4 Å². The van der Waals surface area contributed by atoms with E-state index >= 15 is 0 Å². The van der Waals surface area contributed by atoms with Gasteiger partial charge in [0.25, 0.3) is 0 Å². The van der Waals surface area contributed by atoms with Gasteiger partial charge in [0.1, 0.15) is 5.75 Å². The maximum atomic E-state index is 13.4. The van der Waals surface area contributed by atoms with Crippen LogP contribution in [0.15, 0.2) is 72.8 Å². The highest BCUT2D eigenvalue weighted by molar-refractivity contribution is 6.17. The van der Waals surface area contributed by atoms with Gasteiger partial charge in [-0.05, 0) is 43.2 Å². The van der Waals surface area contributed by atoms with Crippen molar-refractivity contribution in [1.82, 2.24) is 4.57 Å². The zero-order chi connectivity index (χ0) is 25.2. The van der Waals surface area contributed by atoms with Gasteiger partial charge in [-0.15, -0.1) is 0 Å². The quantitative estimate of drug-likeness (QED) is 0.180. The lowest BCUT2D eigenvalue weighted by Gasteiger charge is -2.13. The summed E-state index contributed by atoms with van der Waals surface area (Å²) in [4.78, 5) is 26.5. The molecule has 0 amide bonds. The lowest BCUT2D eigenvalue weighted by atomic mass is 10.0. The van der Waals surface area contributed by atoms with Crippen LogP contribution < -0.4 is 4.74 Å².